The van der Waals surface area contributed by atoms with Gasteiger partial charge in [-0.25, -0.2) is 18.2 Å². The highest BCUT2D eigenvalue weighted by Gasteiger charge is 2.32. The van der Waals surface area contributed by atoms with Crippen molar-refractivity contribution < 1.29 is 23.4 Å². The molecule has 0 bridgehead atoms. The van der Waals surface area contributed by atoms with Crippen LogP contribution < -0.4 is 5.56 Å². The first kappa shape index (κ1) is 29.2. The average Bonchev–Trinajstić information content (AvgIpc) is 2.97. The van der Waals surface area contributed by atoms with Gasteiger partial charge in [-0.2, -0.15) is 10.2 Å². The number of rotatable bonds is 10. The second-order valence-electron chi connectivity index (χ2n) is 9.36. The van der Waals surface area contributed by atoms with Crippen molar-refractivity contribution in [1.82, 2.24) is 14.5 Å². The quantitative estimate of drug-likeness (QED) is 0.273. The SMILES string of the molecule is CCCCc1nc(O)c(S(=O)(=O)c2ccc(-c3ccccc3C(=O)O)cn2)c(=O)n1[C@@H](CC)c1cccc(C#N)c1. The molecule has 11 heteroatoms. The Morgan fingerprint density at radius 1 is 1.10 bits per heavy atom. The molecule has 0 spiro atoms. The summed E-state index contributed by atoms with van der Waals surface area (Å²) < 4.78 is 28.7. The lowest BCUT2D eigenvalue weighted by molar-refractivity contribution is 0.0697. The predicted octanol–water partition coefficient (Wildman–Crippen LogP) is 4.76. The van der Waals surface area contributed by atoms with E-state index in [1.807, 2.05) is 13.8 Å². The molecule has 2 aromatic carbocycles. The molecule has 4 aromatic rings. The molecule has 2 N–H and O–H groups in total. The number of nitrogens with zero attached hydrogens (tertiary/aromatic N) is 4. The van der Waals surface area contributed by atoms with Crippen molar-refractivity contribution in [1.29, 1.82) is 5.26 Å². The number of hydrogen-bond donors (Lipinski definition) is 2. The Kier molecular flexibility index (Phi) is 8.64. The van der Waals surface area contributed by atoms with E-state index in [9.17, 15) is 33.5 Å². The summed E-state index contributed by atoms with van der Waals surface area (Å²) in [6, 6.07) is 16.9. The number of carboxylic acids is 1. The second-order valence-corrected chi connectivity index (χ2v) is 11.2. The molecule has 10 nitrogen and oxygen atoms in total. The molecule has 4 rings (SSSR count). The van der Waals surface area contributed by atoms with Crippen molar-refractivity contribution in [2.24, 2.45) is 0 Å². The van der Waals surface area contributed by atoms with Gasteiger partial charge in [0.15, 0.2) is 5.03 Å². The maximum Gasteiger partial charge on any atom is 0.336 e. The molecule has 210 valence electrons. The van der Waals surface area contributed by atoms with Crippen LogP contribution in [0, 0.1) is 11.3 Å². The fourth-order valence-corrected chi connectivity index (χ4v) is 5.99. The minimum Gasteiger partial charge on any atom is -0.492 e. The summed E-state index contributed by atoms with van der Waals surface area (Å²) in [6.45, 7) is 3.79. The average molecular weight is 573 g/mol. The highest BCUT2D eigenvalue weighted by Crippen LogP contribution is 2.30. The van der Waals surface area contributed by atoms with Gasteiger partial charge in [0, 0.05) is 18.2 Å². The van der Waals surface area contributed by atoms with Crippen LogP contribution in [0.25, 0.3) is 11.1 Å². The van der Waals surface area contributed by atoms with Crippen LogP contribution >= 0.6 is 0 Å². The Bertz CT molecular complexity index is 1810. The minimum absolute atomic E-state index is 0.0170. The second kappa shape index (κ2) is 12.1. The summed E-state index contributed by atoms with van der Waals surface area (Å²) >= 11 is 0. The van der Waals surface area contributed by atoms with Crippen molar-refractivity contribution in [2.45, 2.75) is 55.5 Å². The predicted molar refractivity (Wildman–Crippen MR) is 150 cm³/mol. The number of aromatic hydroxyl groups is 1. The minimum atomic E-state index is -4.65. The lowest BCUT2D eigenvalue weighted by Gasteiger charge is -2.23. The Balaban J connectivity index is 1.87. The van der Waals surface area contributed by atoms with Crippen molar-refractivity contribution in [3.8, 4) is 23.1 Å². The summed E-state index contributed by atoms with van der Waals surface area (Å²) in [5.41, 5.74) is 0.788. The van der Waals surface area contributed by atoms with E-state index in [2.05, 4.69) is 16.0 Å². The molecule has 1 atom stereocenters. The van der Waals surface area contributed by atoms with E-state index in [1.165, 1.54) is 22.9 Å². The maximum absolute atomic E-state index is 14.0. The number of sulfone groups is 1. The molecule has 0 fully saturated rings. The van der Waals surface area contributed by atoms with Crippen LogP contribution in [0.3, 0.4) is 0 Å². The summed E-state index contributed by atoms with van der Waals surface area (Å²) in [6.07, 6.45) is 3.33. The van der Waals surface area contributed by atoms with Gasteiger partial charge in [0.2, 0.25) is 20.6 Å². The van der Waals surface area contributed by atoms with Gasteiger partial charge in [0.05, 0.1) is 23.2 Å². The summed E-state index contributed by atoms with van der Waals surface area (Å²) in [5, 5.41) is 29.2. The molecule has 0 aliphatic heterocycles. The summed E-state index contributed by atoms with van der Waals surface area (Å²) in [7, 11) is -4.65. The number of unbranched alkanes of at least 4 members (excludes halogenated alkanes) is 1. The number of carbonyl (C=O) groups is 1. The molecule has 41 heavy (non-hydrogen) atoms. The zero-order chi connectivity index (χ0) is 29.7. The Morgan fingerprint density at radius 2 is 1.85 bits per heavy atom. The molecule has 0 saturated carbocycles. The fraction of sp³-hybridized carbons (Fsp3) is 0.233. The van der Waals surface area contributed by atoms with Crippen LogP contribution in [0.4, 0.5) is 0 Å². The normalized spacial score (nSPS) is 12.0. The first-order valence-corrected chi connectivity index (χ1v) is 14.5. The molecule has 0 amide bonds. The van der Waals surface area contributed by atoms with Crippen molar-refractivity contribution in [3.63, 3.8) is 0 Å². The molecule has 0 aliphatic rings. The molecule has 0 aliphatic carbocycles. The van der Waals surface area contributed by atoms with Gasteiger partial charge >= 0.3 is 5.97 Å². The van der Waals surface area contributed by atoms with Crippen molar-refractivity contribution >= 4 is 15.8 Å². The van der Waals surface area contributed by atoms with Gasteiger partial charge in [-0.15, -0.1) is 0 Å². The van der Waals surface area contributed by atoms with E-state index in [0.717, 1.165) is 12.5 Å². The number of aryl methyl sites for hydroxylation is 1. The number of hydrogen-bond acceptors (Lipinski definition) is 8. The lowest BCUT2D eigenvalue weighted by atomic mass is 10.0. The van der Waals surface area contributed by atoms with Crippen LogP contribution in [0.1, 0.15) is 66.5 Å². The summed E-state index contributed by atoms with van der Waals surface area (Å²) in [5.74, 6) is -1.83. The Morgan fingerprint density at radius 3 is 2.49 bits per heavy atom. The molecule has 0 saturated heterocycles. The van der Waals surface area contributed by atoms with E-state index in [0.29, 0.717) is 41.5 Å². The van der Waals surface area contributed by atoms with E-state index >= 15 is 0 Å². The number of aromatic nitrogens is 3. The van der Waals surface area contributed by atoms with E-state index in [-0.39, 0.29) is 11.4 Å². The third kappa shape index (κ3) is 5.73. The number of aromatic carboxylic acids is 1. The topological polar surface area (TPSA) is 163 Å². The highest BCUT2D eigenvalue weighted by atomic mass is 32.2. The zero-order valence-corrected chi connectivity index (χ0v) is 23.3. The maximum atomic E-state index is 14.0. The first-order chi connectivity index (χ1) is 19.6. The van der Waals surface area contributed by atoms with Crippen LogP contribution in [0.5, 0.6) is 5.88 Å². The van der Waals surface area contributed by atoms with Gasteiger partial charge in [-0.3, -0.25) is 9.36 Å². The standard InChI is InChI=1S/C30H28N4O6S/c1-3-5-13-25-33-28(35)27(29(36)34(25)24(4-2)20-10-8-9-19(16-20)17-31)41(39,40)26-15-14-21(18-32-26)22-11-6-7-12-23(22)30(37)38/h6-12,14-16,18,24,35H,3-5,13H2,1-2H3,(H,37,38)/t24-/m0/s1. The molecular formula is C30H28N4O6S. The van der Waals surface area contributed by atoms with Crippen LogP contribution in [0.2, 0.25) is 0 Å². The van der Waals surface area contributed by atoms with E-state index in [4.69, 9.17) is 0 Å². The Labute approximate surface area is 237 Å². The van der Waals surface area contributed by atoms with E-state index < -0.39 is 43.2 Å². The van der Waals surface area contributed by atoms with Crippen LogP contribution in [0.15, 0.2) is 81.6 Å². The number of pyridine rings is 1. The summed E-state index contributed by atoms with van der Waals surface area (Å²) in [4.78, 5) is 32.9. The molecule has 2 aromatic heterocycles. The Hall–Kier alpha value is -4.82. The van der Waals surface area contributed by atoms with Gasteiger partial charge in [0.25, 0.3) is 5.56 Å². The molecule has 0 unspecified atom stereocenters. The van der Waals surface area contributed by atoms with Crippen LogP contribution in [-0.4, -0.2) is 39.1 Å². The fourth-order valence-electron chi connectivity index (χ4n) is 4.72. The zero-order valence-electron chi connectivity index (χ0n) is 22.5. The van der Waals surface area contributed by atoms with E-state index in [1.54, 1.807) is 42.5 Å². The number of benzene rings is 2. The monoisotopic (exact) mass is 572 g/mol. The van der Waals surface area contributed by atoms with Crippen molar-refractivity contribution in [2.75, 3.05) is 0 Å². The lowest BCUT2D eigenvalue weighted by Crippen LogP contribution is -2.33. The van der Waals surface area contributed by atoms with Gasteiger partial charge in [0.1, 0.15) is 5.82 Å². The molecule has 2 heterocycles. The molecule has 0 radical (unpaired) electrons. The third-order valence-electron chi connectivity index (χ3n) is 6.73. The van der Waals surface area contributed by atoms with Gasteiger partial charge < -0.3 is 10.2 Å². The smallest absolute Gasteiger partial charge is 0.336 e. The first-order valence-electron chi connectivity index (χ1n) is 13.0. The largest absolute Gasteiger partial charge is 0.492 e. The van der Waals surface area contributed by atoms with Crippen LogP contribution in [-0.2, 0) is 16.3 Å². The van der Waals surface area contributed by atoms with Crippen molar-refractivity contribution in [3.05, 3.63) is 99.7 Å². The number of carboxylic acid groups (broad SMARTS) is 1. The van der Waals surface area contributed by atoms with Gasteiger partial charge in [-0.1, -0.05) is 50.6 Å². The number of nitriles is 1. The third-order valence-corrected chi connectivity index (χ3v) is 8.42. The molecular weight excluding hydrogens is 544 g/mol. The highest BCUT2D eigenvalue weighted by molar-refractivity contribution is 7.91. The van der Waals surface area contributed by atoms with Gasteiger partial charge in [-0.05, 0) is 54.3 Å².